The molecule has 4 rings (SSSR count). The van der Waals surface area contributed by atoms with Gasteiger partial charge in [0.15, 0.2) is 5.82 Å². The van der Waals surface area contributed by atoms with Crippen LogP contribution in [0.3, 0.4) is 0 Å². The number of aromatic nitrogens is 3. The van der Waals surface area contributed by atoms with Crippen molar-refractivity contribution < 1.29 is 9.53 Å². The number of halogens is 1. The average Bonchev–Trinajstić information content (AvgIpc) is 3.20. The van der Waals surface area contributed by atoms with Gasteiger partial charge in [-0.1, -0.05) is 48.0 Å². The molecule has 180 valence electrons. The van der Waals surface area contributed by atoms with Crippen LogP contribution in [0.5, 0.6) is 5.75 Å². The fraction of sp³-hybridized carbons (Fsp3) is 0.192. The average molecular weight is 492 g/mol. The highest BCUT2D eigenvalue weighted by atomic mass is 35.5. The van der Waals surface area contributed by atoms with Crippen LogP contribution in [0, 0.1) is 0 Å². The summed E-state index contributed by atoms with van der Waals surface area (Å²) in [6.07, 6.45) is 3.13. The summed E-state index contributed by atoms with van der Waals surface area (Å²) in [7, 11) is 0. The predicted octanol–water partition coefficient (Wildman–Crippen LogP) is 3.57. The van der Waals surface area contributed by atoms with Gasteiger partial charge in [0.1, 0.15) is 17.4 Å². The zero-order valence-electron chi connectivity index (χ0n) is 19.2. The number of rotatable bonds is 9. The molecule has 0 saturated heterocycles. The number of hydrogen-bond acceptors (Lipinski definition) is 5. The third-order valence-electron chi connectivity index (χ3n) is 5.34. The minimum Gasteiger partial charge on any atom is -0.489 e. The molecule has 0 aliphatic carbocycles. The number of pyridine rings is 1. The van der Waals surface area contributed by atoms with Crippen LogP contribution in [-0.2, 0) is 13.1 Å². The van der Waals surface area contributed by atoms with Crippen LogP contribution in [0.2, 0.25) is 5.02 Å². The predicted molar refractivity (Wildman–Crippen MR) is 136 cm³/mol. The van der Waals surface area contributed by atoms with Crippen molar-refractivity contribution in [3.8, 4) is 5.75 Å². The maximum Gasteiger partial charge on any atom is 0.256 e. The Morgan fingerprint density at radius 2 is 1.83 bits per heavy atom. The van der Waals surface area contributed by atoms with E-state index in [9.17, 15) is 9.59 Å². The zero-order chi connectivity index (χ0) is 24.8. The lowest BCUT2D eigenvalue weighted by Gasteiger charge is -2.15. The minimum atomic E-state index is -0.320. The summed E-state index contributed by atoms with van der Waals surface area (Å²) in [5.74, 6) is 0.471. The van der Waals surface area contributed by atoms with Gasteiger partial charge in [0.05, 0.1) is 19.6 Å². The second-order valence-corrected chi connectivity index (χ2v) is 8.64. The molecule has 0 spiro atoms. The maximum absolute atomic E-state index is 12.6. The second-order valence-electron chi connectivity index (χ2n) is 8.20. The van der Waals surface area contributed by atoms with Crippen molar-refractivity contribution in [2.75, 3.05) is 12.3 Å². The molecule has 8 nitrogen and oxygen atoms in total. The fourth-order valence-corrected chi connectivity index (χ4v) is 3.74. The van der Waals surface area contributed by atoms with E-state index in [-0.39, 0.29) is 23.4 Å². The van der Waals surface area contributed by atoms with Crippen molar-refractivity contribution >= 4 is 23.3 Å². The molecular weight excluding hydrogens is 466 g/mol. The Morgan fingerprint density at radius 3 is 2.54 bits per heavy atom. The van der Waals surface area contributed by atoms with E-state index in [2.05, 4.69) is 10.4 Å². The first-order valence-corrected chi connectivity index (χ1v) is 11.5. The minimum absolute atomic E-state index is 0.0418. The first kappa shape index (κ1) is 24.1. The molecule has 0 aliphatic rings. The number of ether oxygens (including phenoxy) is 1. The van der Waals surface area contributed by atoms with Gasteiger partial charge in [0.2, 0.25) is 0 Å². The molecule has 3 N–H and O–H groups in total. The number of carbonyl (C=O) groups excluding carboxylic acids is 1. The molecule has 0 saturated carbocycles. The number of nitrogen functional groups attached to an aromatic ring is 1. The Hall–Kier alpha value is -4.04. The van der Waals surface area contributed by atoms with Crippen molar-refractivity contribution in [2.24, 2.45) is 0 Å². The highest BCUT2D eigenvalue weighted by Gasteiger charge is 2.16. The normalized spacial score (nSPS) is 11.7. The number of nitrogens with two attached hydrogens (primary N) is 1. The third-order valence-corrected chi connectivity index (χ3v) is 5.57. The van der Waals surface area contributed by atoms with Crippen LogP contribution < -0.4 is 21.3 Å². The number of anilines is 1. The van der Waals surface area contributed by atoms with Crippen molar-refractivity contribution in [3.05, 3.63) is 111 Å². The first-order chi connectivity index (χ1) is 16.9. The molecule has 4 aromatic rings. The van der Waals surface area contributed by atoms with E-state index >= 15 is 0 Å². The molecule has 2 aromatic heterocycles. The van der Waals surface area contributed by atoms with Crippen LogP contribution >= 0.6 is 11.6 Å². The third kappa shape index (κ3) is 6.51. The van der Waals surface area contributed by atoms with Crippen molar-refractivity contribution in [1.82, 2.24) is 19.7 Å². The van der Waals surface area contributed by atoms with Crippen LogP contribution in [-0.4, -0.2) is 32.9 Å². The Kier molecular flexibility index (Phi) is 7.52. The van der Waals surface area contributed by atoms with Crippen LogP contribution in [0.4, 0.5) is 5.82 Å². The SMILES string of the molecule is CC(CNC(=O)c1cn(Cc2ccc(Cn3ccccc3=O)cc2)nc1N)Oc1cccc(Cl)c1. The second kappa shape index (κ2) is 10.9. The van der Waals surface area contributed by atoms with E-state index in [4.69, 9.17) is 22.1 Å². The molecule has 0 bridgehead atoms. The number of amides is 1. The van der Waals surface area contributed by atoms with Crippen molar-refractivity contribution in [1.29, 1.82) is 0 Å². The monoisotopic (exact) mass is 491 g/mol. The molecule has 1 amide bonds. The maximum atomic E-state index is 12.6. The fourth-order valence-electron chi connectivity index (χ4n) is 3.56. The lowest BCUT2D eigenvalue weighted by Crippen LogP contribution is -2.33. The summed E-state index contributed by atoms with van der Waals surface area (Å²) in [5, 5.41) is 7.69. The van der Waals surface area contributed by atoms with Crippen LogP contribution in [0.1, 0.15) is 28.4 Å². The van der Waals surface area contributed by atoms with Gasteiger partial charge in [-0.2, -0.15) is 5.10 Å². The van der Waals surface area contributed by atoms with Gasteiger partial charge in [0.25, 0.3) is 11.5 Å². The number of benzene rings is 2. The van der Waals surface area contributed by atoms with Gasteiger partial charge in [-0.25, -0.2) is 0 Å². The quantitative estimate of drug-likeness (QED) is 0.372. The van der Waals surface area contributed by atoms with Crippen LogP contribution in [0.15, 0.2) is 83.9 Å². The Balaban J connectivity index is 1.32. The number of hydrogen-bond donors (Lipinski definition) is 2. The molecule has 35 heavy (non-hydrogen) atoms. The van der Waals surface area contributed by atoms with Crippen LogP contribution in [0.25, 0.3) is 0 Å². The van der Waals surface area contributed by atoms with E-state index in [1.807, 2.05) is 37.3 Å². The number of nitrogens with zero attached hydrogens (tertiary/aromatic N) is 3. The first-order valence-electron chi connectivity index (χ1n) is 11.1. The molecule has 0 aliphatic heterocycles. The van der Waals surface area contributed by atoms with Gasteiger partial charge >= 0.3 is 0 Å². The summed E-state index contributed by atoms with van der Waals surface area (Å²) in [4.78, 5) is 24.5. The molecule has 1 atom stereocenters. The highest BCUT2D eigenvalue weighted by molar-refractivity contribution is 6.30. The molecule has 0 fully saturated rings. The standard InChI is InChI=1S/C26H26ClN5O3/c1-18(35-22-6-4-5-21(27)13-22)14-29-26(34)23-17-32(30-25(23)28)16-20-10-8-19(9-11-20)15-31-12-3-2-7-24(31)33/h2-13,17-18H,14-16H2,1H3,(H2,28,30)(H,29,34). The molecular formula is C26H26ClN5O3. The van der Waals surface area contributed by atoms with Gasteiger partial charge in [0, 0.05) is 23.5 Å². The van der Waals surface area contributed by atoms with Crippen molar-refractivity contribution in [2.45, 2.75) is 26.1 Å². The number of nitrogens with one attached hydrogen (secondary N) is 1. The molecule has 9 heteroatoms. The topological polar surface area (TPSA) is 104 Å². The Bertz CT molecular complexity index is 1360. The summed E-state index contributed by atoms with van der Waals surface area (Å²) in [5.41, 5.74) is 8.26. The van der Waals surface area contributed by atoms with Gasteiger partial charge in [-0.3, -0.25) is 14.3 Å². The summed E-state index contributed by atoms with van der Waals surface area (Å²) in [6.45, 7) is 3.10. The van der Waals surface area contributed by atoms with E-state index in [1.54, 1.807) is 52.0 Å². The van der Waals surface area contributed by atoms with Gasteiger partial charge in [-0.05, 0) is 42.3 Å². The summed E-state index contributed by atoms with van der Waals surface area (Å²) in [6, 6.07) is 20.1. The largest absolute Gasteiger partial charge is 0.489 e. The lowest BCUT2D eigenvalue weighted by atomic mass is 10.1. The van der Waals surface area contributed by atoms with Gasteiger partial charge < -0.3 is 20.4 Å². The van der Waals surface area contributed by atoms with E-state index in [0.717, 1.165) is 11.1 Å². The van der Waals surface area contributed by atoms with E-state index < -0.39 is 0 Å². The molecule has 1 unspecified atom stereocenters. The highest BCUT2D eigenvalue weighted by Crippen LogP contribution is 2.18. The Morgan fingerprint density at radius 1 is 1.09 bits per heavy atom. The summed E-state index contributed by atoms with van der Waals surface area (Å²) < 4.78 is 9.06. The lowest BCUT2D eigenvalue weighted by molar-refractivity contribution is 0.0933. The van der Waals surface area contributed by atoms with Crippen molar-refractivity contribution in [3.63, 3.8) is 0 Å². The summed E-state index contributed by atoms with van der Waals surface area (Å²) >= 11 is 5.97. The zero-order valence-corrected chi connectivity index (χ0v) is 20.0. The Labute approximate surface area is 207 Å². The smallest absolute Gasteiger partial charge is 0.256 e. The molecule has 2 heterocycles. The van der Waals surface area contributed by atoms with E-state index in [0.29, 0.717) is 36.0 Å². The number of carbonyl (C=O) groups is 1. The molecule has 0 radical (unpaired) electrons. The molecule has 2 aromatic carbocycles. The van der Waals surface area contributed by atoms with E-state index in [1.165, 1.54) is 6.07 Å². The van der Waals surface area contributed by atoms with Gasteiger partial charge in [-0.15, -0.1) is 0 Å².